The van der Waals surface area contributed by atoms with Gasteiger partial charge in [-0.25, -0.2) is 8.42 Å². The zero-order valence-electron chi connectivity index (χ0n) is 46.4. The smallest absolute Gasteiger partial charge is 0.355 e. The summed E-state index contributed by atoms with van der Waals surface area (Å²) in [5, 5.41) is 50.0. The molecule has 21 nitrogen and oxygen atoms in total. The van der Waals surface area contributed by atoms with E-state index in [9.17, 15) is 17.2 Å². The first-order valence-electron chi connectivity index (χ1n) is 27.2. The molecule has 0 spiro atoms. The third-order valence-electron chi connectivity index (χ3n) is 12.8. The lowest BCUT2D eigenvalue weighted by Gasteiger charge is -2.27. The molecule has 80 heavy (non-hydrogen) atoms. The molecular formula is C56H70F2N16O5S. The number of anilines is 4. The number of hydrogen-bond acceptors (Lipinski definition) is 17. The van der Waals surface area contributed by atoms with Crippen molar-refractivity contribution in [2.24, 2.45) is 0 Å². The first-order chi connectivity index (χ1) is 38.8. The van der Waals surface area contributed by atoms with E-state index in [0.29, 0.717) is 35.4 Å². The van der Waals surface area contributed by atoms with Crippen molar-refractivity contribution in [3.8, 4) is 45.3 Å². The lowest BCUT2D eigenvalue weighted by atomic mass is 10.1. The minimum Gasteiger partial charge on any atom is -0.491 e. The van der Waals surface area contributed by atoms with Gasteiger partial charge in [-0.3, -0.25) is 20.0 Å². The number of nitrogens with zero attached hydrogens (tertiary/aromatic N) is 12. The summed E-state index contributed by atoms with van der Waals surface area (Å²) in [5.41, 5.74) is 7.52. The van der Waals surface area contributed by atoms with Gasteiger partial charge in [0.1, 0.15) is 28.6 Å². The minimum absolute atomic E-state index is 0.0345. The van der Waals surface area contributed by atoms with Crippen molar-refractivity contribution in [3.05, 3.63) is 91.4 Å². The summed E-state index contributed by atoms with van der Waals surface area (Å²) < 4.78 is 66.9. The van der Waals surface area contributed by atoms with E-state index >= 15 is 0 Å². The second-order valence-corrected chi connectivity index (χ2v) is 20.7. The molecule has 3 aliphatic rings. The molecule has 4 N–H and O–H groups in total. The second-order valence-electron chi connectivity index (χ2n) is 19.0. The quantitative estimate of drug-likeness (QED) is 0.0838. The summed E-state index contributed by atoms with van der Waals surface area (Å²) in [7, 11) is -4.74. The number of hydrogen-bond donors (Lipinski definition) is 4. The highest BCUT2D eigenvalue weighted by molar-refractivity contribution is 7.93. The summed E-state index contributed by atoms with van der Waals surface area (Å²) in [4.78, 5) is 6.59. The molecule has 3 saturated heterocycles. The summed E-state index contributed by atoms with van der Waals surface area (Å²) in [6, 6.07) is 22.4. The number of H-pyrrole nitrogens is 3. The second kappa shape index (κ2) is 27.2. The van der Waals surface area contributed by atoms with Crippen molar-refractivity contribution in [1.82, 2.24) is 61.2 Å². The van der Waals surface area contributed by atoms with E-state index < -0.39 is 15.8 Å². The van der Waals surface area contributed by atoms with Crippen molar-refractivity contribution >= 4 is 65.9 Å². The monoisotopic (exact) mass is 1120 g/mol. The molecule has 24 heteroatoms. The van der Waals surface area contributed by atoms with E-state index in [2.05, 4.69) is 82.0 Å². The molecule has 0 unspecified atom stereocenters. The number of ether oxygens (including phenoxy) is 3. The Balaban J connectivity index is 0.000000153. The van der Waals surface area contributed by atoms with E-state index in [1.54, 1.807) is 24.7 Å². The molecule has 0 amide bonds. The number of aromatic nitrogens is 12. The van der Waals surface area contributed by atoms with Crippen LogP contribution in [0.4, 0.5) is 31.9 Å². The molecule has 3 aromatic carbocycles. The van der Waals surface area contributed by atoms with E-state index in [-0.39, 0.29) is 17.9 Å². The minimum atomic E-state index is -4.74. The number of halogens is 2. The summed E-state index contributed by atoms with van der Waals surface area (Å²) >= 11 is 0. The molecule has 6 aromatic heterocycles. The molecule has 0 radical (unpaired) electrons. The molecule has 9 aromatic rings. The zero-order chi connectivity index (χ0) is 56.8. The van der Waals surface area contributed by atoms with Crippen LogP contribution in [0.3, 0.4) is 0 Å². The summed E-state index contributed by atoms with van der Waals surface area (Å²) in [6.45, 7) is 23.1. The Morgan fingerprint density at radius 3 is 1.26 bits per heavy atom. The number of alkyl halides is 2. The largest absolute Gasteiger partial charge is 0.491 e. The van der Waals surface area contributed by atoms with Gasteiger partial charge >= 0.3 is 5.76 Å². The van der Waals surface area contributed by atoms with Crippen LogP contribution < -0.4 is 28.9 Å². The van der Waals surface area contributed by atoms with Gasteiger partial charge in [0.05, 0.1) is 60.6 Å². The number of nitrogens with one attached hydrogen (secondary N) is 4. The maximum Gasteiger partial charge on any atom is 0.355 e. The first-order valence-corrected chi connectivity index (χ1v) is 28.8. The summed E-state index contributed by atoms with van der Waals surface area (Å²) in [6.07, 6.45) is 9.98. The molecule has 0 bridgehead atoms. The maximum atomic E-state index is 12.6. The highest BCUT2D eigenvalue weighted by Gasteiger charge is 2.25. The third kappa shape index (κ3) is 14.2. The number of benzene rings is 3. The van der Waals surface area contributed by atoms with E-state index in [1.165, 1.54) is 25.0 Å². The fourth-order valence-electron chi connectivity index (χ4n) is 9.23. The van der Waals surface area contributed by atoms with Crippen LogP contribution in [0.5, 0.6) is 11.5 Å². The van der Waals surface area contributed by atoms with Gasteiger partial charge in [-0.1, -0.05) is 27.7 Å². The third-order valence-corrected chi connectivity index (χ3v) is 13.8. The van der Waals surface area contributed by atoms with Gasteiger partial charge in [0.15, 0.2) is 17.5 Å². The predicted molar refractivity (Wildman–Crippen MR) is 310 cm³/mol. The molecule has 9 heterocycles. The van der Waals surface area contributed by atoms with Gasteiger partial charge in [-0.15, -0.1) is 15.3 Å². The van der Waals surface area contributed by atoms with Crippen molar-refractivity contribution in [1.29, 1.82) is 0 Å². The fraction of sp³-hybridized carbons (Fsp3) is 0.411. The van der Waals surface area contributed by atoms with Crippen LogP contribution in [0.1, 0.15) is 81.1 Å². The SMILES string of the molecule is CC.CC.CC(C)Oc1ccc2[nH]nc(-c3cnnc(N4CCCC4)c3)c2c1.CC(C)Oc1ccc2[nH]nc(-c3cnnc(N4CCOCC4)c3)c2c1.O=S(=O)(Nc1ccc2[nH]nc(-c3cnnc(N4CCCC4)c3)c2c1)C(F)F. The Morgan fingerprint density at radius 2 is 0.887 bits per heavy atom. The molecule has 12 rings (SSSR count). The molecule has 3 aliphatic heterocycles. The number of sulfonamides is 1. The Bertz CT molecular complexity index is 3540. The average molecular weight is 1120 g/mol. The average Bonchev–Trinajstić information content (AvgIpc) is 4.37. The van der Waals surface area contributed by atoms with Crippen LogP contribution in [0.25, 0.3) is 66.5 Å². The molecule has 0 saturated carbocycles. The van der Waals surface area contributed by atoms with E-state index in [0.717, 1.165) is 125 Å². The number of aromatic amines is 3. The topological polar surface area (TPSA) is 247 Å². The fourth-order valence-corrected chi connectivity index (χ4v) is 9.77. The lowest BCUT2D eigenvalue weighted by molar-refractivity contribution is 0.122. The van der Waals surface area contributed by atoms with Crippen LogP contribution in [0.15, 0.2) is 91.4 Å². The van der Waals surface area contributed by atoms with Crippen LogP contribution in [-0.2, 0) is 14.8 Å². The molecule has 0 atom stereocenters. The lowest BCUT2D eigenvalue weighted by Crippen LogP contribution is -2.36. The van der Waals surface area contributed by atoms with Gasteiger partial charge < -0.3 is 28.9 Å². The maximum absolute atomic E-state index is 12.6. The predicted octanol–water partition coefficient (Wildman–Crippen LogP) is 10.7. The Hall–Kier alpha value is -8.12. The van der Waals surface area contributed by atoms with Gasteiger partial charge in [0.2, 0.25) is 0 Å². The van der Waals surface area contributed by atoms with Gasteiger partial charge in [-0.2, -0.15) is 39.4 Å². The zero-order valence-corrected chi connectivity index (χ0v) is 47.3. The van der Waals surface area contributed by atoms with Crippen LogP contribution >= 0.6 is 0 Å². The first kappa shape index (κ1) is 58.0. The Labute approximate surface area is 464 Å². The Morgan fingerprint density at radius 1 is 0.525 bits per heavy atom. The number of fused-ring (bicyclic) bond motifs is 3. The van der Waals surface area contributed by atoms with Crippen molar-refractivity contribution < 1.29 is 31.4 Å². The number of rotatable bonds is 13. The van der Waals surface area contributed by atoms with E-state index in [4.69, 9.17) is 14.2 Å². The number of morpholine rings is 1. The standard InChI is InChI=1S/C18H21N5O2.C18H21N5O.C16H16F2N6O2S.2C2H6/c1-12(2)25-14-3-4-16-15(10-14)18(22-20-16)13-9-17(21-19-11-13)23-5-7-24-8-6-23;1-12(2)24-14-5-6-16-15(10-14)18(22-20-16)13-9-17(21-19-11-13)23-7-3-4-8-23;17-16(18)27(25,26)23-11-3-4-13-12(8-11)15(22-20-13)10-7-14(21-19-9-10)24-5-1-2-6-24;2*1-2/h3-4,9-12H,5-8H2,1-2H3,(H,20,22);5-6,9-12H,3-4,7-8H2,1-2H3,(H,20,22);3-4,7-9,16,23H,1-2,5-6H2,(H,20,22);2*1-2H3. The molecule has 424 valence electrons. The normalized spacial score (nSPS) is 14.3. The Kier molecular flexibility index (Phi) is 19.7. The molecule has 0 aliphatic carbocycles. The highest BCUT2D eigenvalue weighted by Crippen LogP contribution is 2.34. The molecular weight excluding hydrogens is 1050 g/mol. The van der Waals surface area contributed by atoms with Gasteiger partial charge in [0, 0.05) is 77.8 Å². The van der Waals surface area contributed by atoms with Crippen molar-refractivity contribution in [3.63, 3.8) is 0 Å². The van der Waals surface area contributed by atoms with Crippen LogP contribution in [0, 0.1) is 0 Å². The van der Waals surface area contributed by atoms with Crippen LogP contribution in [-0.4, -0.2) is 140 Å². The molecule has 3 fully saturated rings. The van der Waals surface area contributed by atoms with E-state index in [1.807, 2.05) is 109 Å². The van der Waals surface area contributed by atoms with Crippen LogP contribution in [0.2, 0.25) is 0 Å². The van der Waals surface area contributed by atoms with Gasteiger partial charge in [0.25, 0.3) is 10.0 Å². The summed E-state index contributed by atoms with van der Waals surface area (Å²) in [5.74, 6) is 0.699. The van der Waals surface area contributed by atoms with Crippen molar-refractivity contribution in [2.75, 3.05) is 71.9 Å². The van der Waals surface area contributed by atoms with Crippen molar-refractivity contribution in [2.45, 2.75) is 99.0 Å². The highest BCUT2D eigenvalue weighted by atomic mass is 32.2. The van der Waals surface area contributed by atoms with Gasteiger partial charge in [-0.05, 0) is 126 Å².